The van der Waals surface area contributed by atoms with Gasteiger partial charge < -0.3 is 10.4 Å². The van der Waals surface area contributed by atoms with Crippen molar-refractivity contribution in [3.05, 3.63) is 0 Å². The highest BCUT2D eigenvalue weighted by Crippen LogP contribution is 2.18. The first-order valence-corrected chi connectivity index (χ1v) is 8.32. The molecule has 1 amide bonds. The number of aliphatic hydroxyl groups is 1. The molecule has 0 saturated carbocycles. The predicted octanol–water partition coefficient (Wildman–Crippen LogP) is 0.363. The lowest BCUT2D eigenvalue weighted by Gasteiger charge is -2.35. The SMILES string of the molecule is C[C@H](O)[C@H]1C(=O)N[C@H]1C#C[Si](C)(C)C. The van der Waals surface area contributed by atoms with Gasteiger partial charge in [0.2, 0.25) is 5.91 Å². The van der Waals surface area contributed by atoms with Crippen molar-refractivity contribution in [3.8, 4) is 11.5 Å². The van der Waals surface area contributed by atoms with Crippen molar-refractivity contribution < 1.29 is 9.90 Å². The van der Waals surface area contributed by atoms with Gasteiger partial charge in [-0.3, -0.25) is 4.79 Å². The molecule has 3 atom stereocenters. The summed E-state index contributed by atoms with van der Waals surface area (Å²) in [6.07, 6.45) is -0.607. The van der Waals surface area contributed by atoms with E-state index in [2.05, 4.69) is 36.4 Å². The number of hydrogen-bond acceptors (Lipinski definition) is 2. The van der Waals surface area contributed by atoms with Crippen LogP contribution in [0.25, 0.3) is 0 Å². The Bertz CT molecular complexity index is 295. The largest absolute Gasteiger partial charge is 0.392 e. The number of nitrogens with one attached hydrogen (secondary N) is 1. The molecular weight excluding hydrogens is 194 g/mol. The summed E-state index contributed by atoms with van der Waals surface area (Å²) in [5.41, 5.74) is 3.19. The minimum atomic E-state index is -1.38. The molecule has 1 saturated heterocycles. The lowest BCUT2D eigenvalue weighted by molar-refractivity contribution is -0.138. The molecule has 0 bridgehead atoms. The molecule has 0 unspecified atom stereocenters. The number of carbonyl (C=O) groups is 1. The van der Waals surface area contributed by atoms with E-state index in [0.717, 1.165) is 0 Å². The first kappa shape index (κ1) is 11.3. The molecule has 1 aliphatic heterocycles. The fourth-order valence-corrected chi connectivity index (χ4v) is 1.90. The normalized spacial score (nSPS) is 28.2. The van der Waals surface area contributed by atoms with E-state index in [9.17, 15) is 9.90 Å². The maximum absolute atomic E-state index is 11.1. The van der Waals surface area contributed by atoms with Gasteiger partial charge in [-0.15, -0.1) is 5.54 Å². The van der Waals surface area contributed by atoms with Gasteiger partial charge in [0, 0.05) is 0 Å². The molecule has 0 aromatic carbocycles. The number of β-lactam (4-membered cyclic amide) rings is 1. The molecule has 3 nitrogen and oxygen atoms in total. The monoisotopic (exact) mass is 211 g/mol. The van der Waals surface area contributed by atoms with E-state index in [-0.39, 0.29) is 17.9 Å². The smallest absolute Gasteiger partial charge is 0.229 e. The summed E-state index contributed by atoms with van der Waals surface area (Å²) >= 11 is 0. The van der Waals surface area contributed by atoms with E-state index < -0.39 is 14.2 Å². The Labute approximate surface area is 85.9 Å². The van der Waals surface area contributed by atoms with Crippen LogP contribution in [0.4, 0.5) is 0 Å². The van der Waals surface area contributed by atoms with E-state index in [0.29, 0.717) is 0 Å². The lowest BCUT2D eigenvalue weighted by Crippen LogP contribution is -2.61. The van der Waals surface area contributed by atoms with Crippen LogP contribution < -0.4 is 5.32 Å². The van der Waals surface area contributed by atoms with Crippen LogP contribution in [-0.4, -0.2) is 31.2 Å². The van der Waals surface area contributed by atoms with Crippen molar-refractivity contribution in [2.45, 2.75) is 38.7 Å². The zero-order valence-electron chi connectivity index (χ0n) is 9.09. The number of hydrogen-bond donors (Lipinski definition) is 2. The molecule has 0 radical (unpaired) electrons. The van der Waals surface area contributed by atoms with E-state index in [4.69, 9.17) is 0 Å². The fraction of sp³-hybridized carbons (Fsp3) is 0.700. The maximum Gasteiger partial charge on any atom is 0.229 e. The van der Waals surface area contributed by atoms with Gasteiger partial charge in [0.25, 0.3) is 0 Å². The van der Waals surface area contributed by atoms with Gasteiger partial charge in [-0.05, 0) is 6.92 Å². The summed E-state index contributed by atoms with van der Waals surface area (Å²) in [5, 5.41) is 12.0. The average Bonchev–Trinajstić information content (AvgIpc) is 1.93. The van der Waals surface area contributed by atoms with Crippen molar-refractivity contribution in [2.75, 3.05) is 0 Å². The van der Waals surface area contributed by atoms with E-state index in [1.54, 1.807) is 6.92 Å². The predicted molar refractivity (Wildman–Crippen MR) is 58.2 cm³/mol. The van der Waals surface area contributed by atoms with E-state index in [1.165, 1.54) is 0 Å². The summed E-state index contributed by atoms with van der Waals surface area (Å²) in [7, 11) is -1.38. The Morgan fingerprint density at radius 1 is 1.50 bits per heavy atom. The van der Waals surface area contributed by atoms with Gasteiger partial charge in [-0.2, -0.15) is 0 Å². The first-order chi connectivity index (χ1) is 6.31. The van der Waals surface area contributed by atoms with Crippen molar-refractivity contribution in [2.24, 2.45) is 5.92 Å². The van der Waals surface area contributed by atoms with Crippen molar-refractivity contribution in [1.29, 1.82) is 0 Å². The standard InChI is InChI=1S/C10H17NO2Si/c1-7(12)9-8(11-10(9)13)5-6-14(2,3)4/h7-9,12H,1-4H3,(H,11,13)/t7-,8-,9+/m0/s1. The summed E-state index contributed by atoms with van der Waals surface area (Å²) in [5.74, 6) is 2.62. The third kappa shape index (κ3) is 2.60. The van der Waals surface area contributed by atoms with Crippen molar-refractivity contribution in [1.82, 2.24) is 5.32 Å². The number of carbonyl (C=O) groups excluding carboxylic acids is 1. The summed E-state index contributed by atoms with van der Waals surface area (Å²) in [6.45, 7) is 8.08. The Kier molecular flexibility index (Phi) is 3.03. The molecule has 1 fully saturated rings. The van der Waals surface area contributed by atoms with Crippen LogP contribution in [-0.2, 0) is 4.79 Å². The Morgan fingerprint density at radius 2 is 2.07 bits per heavy atom. The van der Waals surface area contributed by atoms with Gasteiger partial charge >= 0.3 is 0 Å². The van der Waals surface area contributed by atoms with Crippen LogP contribution in [0.1, 0.15) is 6.92 Å². The van der Waals surface area contributed by atoms with Crippen LogP contribution >= 0.6 is 0 Å². The van der Waals surface area contributed by atoms with Crippen LogP contribution in [0.2, 0.25) is 19.6 Å². The highest BCUT2D eigenvalue weighted by Gasteiger charge is 2.41. The van der Waals surface area contributed by atoms with Crippen molar-refractivity contribution in [3.63, 3.8) is 0 Å². The maximum atomic E-state index is 11.1. The van der Waals surface area contributed by atoms with Crippen molar-refractivity contribution >= 4 is 14.0 Å². The highest BCUT2D eigenvalue weighted by molar-refractivity contribution is 6.83. The van der Waals surface area contributed by atoms with Crippen LogP contribution in [0.5, 0.6) is 0 Å². The topological polar surface area (TPSA) is 49.3 Å². The molecule has 4 heteroatoms. The molecule has 14 heavy (non-hydrogen) atoms. The molecule has 0 aromatic rings. The second kappa shape index (κ2) is 3.75. The van der Waals surface area contributed by atoms with E-state index in [1.807, 2.05) is 0 Å². The van der Waals surface area contributed by atoms with Gasteiger partial charge in [-0.25, -0.2) is 0 Å². The zero-order valence-corrected chi connectivity index (χ0v) is 10.1. The van der Waals surface area contributed by atoms with E-state index >= 15 is 0 Å². The number of rotatable bonds is 1. The molecular formula is C10H17NO2Si. The van der Waals surface area contributed by atoms with Gasteiger partial charge in [0.05, 0.1) is 12.0 Å². The lowest BCUT2D eigenvalue weighted by atomic mass is 9.87. The molecule has 78 valence electrons. The molecule has 2 N–H and O–H groups in total. The molecule has 1 heterocycles. The van der Waals surface area contributed by atoms with Gasteiger partial charge in [0.1, 0.15) is 14.1 Å². The minimum Gasteiger partial charge on any atom is -0.392 e. The molecule has 0 aromatic heterocycles. The third-order valence-corrected chi connectivity index (χ3v) is 2.98. The summed E-state index contributed by atoms with van der Waals surface area (Å²) in [4.78, 5) is 11.1. The average molecular weight is 211 g/mol. The van der Waals surface area contributed by atoms with Crippen LogP contribution in [0.3, 0.4) is 0 Å². The van der Waals surface area contributed by atoms with Gasteiger partial charge in [0.15, 0.2) is 0 Å². The molecule has 1 rings (SSSR count). The van der Waals surface area contributed by atoms with Crippen LogP contribution in [0.15, 0.2) is 0 Å². The van der Waals surface area contributed by atoms with Crippen LogP contribution in [0, 0.1) is 17.4 Å². The number of amides is 1. The summed E-state index contributed by atoms with van der Waals surface area (Å²) in [6, 6.07) is -0.144. The van der Waals surface area contributed by atoms with Gasteiger partial charge in [-0.1, -0.05) is 25.6 Å². The molecule has 0 spiro atoms. The Morgan fingerprint density at radius 3 is 2.43 bits per heavy atom. The zero-order chi connectivity index (χ0) is 10.9. The minimum absolute atomic E-state index is 0.0881. The quantitative estimate of drug-likeness (QED) is 0.374. The summed E-state index contributed by atoms with van der Waals surface area (Å²) < 4.78 is 0. The Hall–Kier alpha value is -0.793. The highest BCUT2D eigenvalue weighted by atomic mass is 28.3. The Balaban J connectivity index is 2.63. The molecule has 1 aliphatic rings. The molecule has 0 aliphatic carbocycles. The number of aliphatic hydroxyl groups excluding tert-OH is 1. The third-order valence-electron chi connectivity index (χ3n) is 2.08. The first-order valence-electron chi connectivity index (χ1n) is 4.82. The second-order valence-corrected chi connectivity index (χ2v) is 9.52. The second-order valence-electron chi connectivity index (χ2n) is 4.77. The fourth-order valence-electron chi connectivity index (χ4n) is 1.31.